The summed E-state index contributed by atoms with van der Waals surface area (Å²) in [5, 5.41) is 8.57. The fourth-order valence-electron chi connectivity index (χ4n) is 2.84. The molecule has 0 aliphatic carbocycles. The van der Waals surface area contributed by atoms with Crippen molar-refractivity contribution < 1.29 is 19.1 Å². The SMILES string of the molecule is CCCCCOc1ccc(C(=O)NC(=S)Nc2cccc(C(=O)NCCCOC)c2)cc1. The standard InChI is InChI=1S/C24H31N3O4S/c1-3-4-5-16-31-21-12-10-18(11-13-21)23(29)27-24(32)26-20-9-6-8-19(17-20)22(28)25-14-7-15-30-2/h6,8-13,17H,3-5,7,14-16H2,1-2H3,(H,25,28)(H2,26,27,29,32). The topological polar surface area (TPSA) is 88.7 Å². The summed E-state index contributed by atoms with van der Waals surface area (Å²) in [6.45, 7) is 3.93. The Morgan fingerprint density at radius 1 is 0.938 bits per heavy atom. The predicted molar refractivity (Wildman–Crippen MR) is 130 cm³/mol. The summed E-state index contributed by atoms with van der Waals surface area (Å²) in [6.07, 6.45) is 4.02. The van der Waals surface area contributed by atoms with Crippen molar-refractivity contribution in [2.45, 2.75) is 32.6 Å². The molecule has 32 heavy (non-hydrogen) atoms. The molecule has 0 aliphatic rings. The lowest BCUT2D eigenvalue weighted by Gasteiger charge is -2.11. The zero-order chi connectivity index (χ0) is 23.2. The third-order valence-electron chi connectivity index (χ3n) is 4.55. The van der Waals surface area contributed by atoms with Crippen LogP contribution in [0, 0.1) is 0 Å². The van der Waals surface area contributed by atoms with Crippen LogP contribution < -0.4 is 20.7 Å². The molecular weight excluding hydrogens is 426 g/mol. The van der Waals surface area contributed by atoms with Gasteiger partial charge in [-0.05, 0) is 67.5 Å². The summed E-state index contributed by atoms with van der Waals surface area (Å²) < 4.78 is 10.6. The number of unbranched alkanes of at least 4 members (excludes halogenated alkanes) is 2. The molecule has 0 radical (unpaired) electrons. The van der Waals surface area contributed by atoms with E-state index < -0.39 is 0 Å². The molecule has 2 rings (SSSR count). The maximum absolute atomic E-state index is 12.4. The molecule has 8 heteroatoms. The Morgan fingerprint density at radius 3 is 2.44 bits per heavy atom. The number of rotatable bonds is 12. The van der Waals surface area contributed by atoms with Gasteiger partial charge in [-0.1, -0.05) is 25.8 Å². The van der Waals surface area contributed by atoms with Gasteiger partial charge in [0.2, 0.25) is 0 Å². The van der Waals surface area contributed by atoms with Crippen LogP contribution in [-0.2, 0) is 4.74 Å². The number of hydrogen-bond acceptors (Lipinski definition) is 5. The molecule has 0 heterocycles. The molecule has 2 aromatic carbocycles. The van der Waals surface area contributed by atoms with E-state index in [2.05, 4.69) is 22.9 Å². The van der Waals surface area contributed by atoms with Gasteiger partial charge in [0, 0.05) is 37.1 Å². The van der Waals surface area contributed by atoms with Crippen LogP contribution in [-0.4, -0.2) is 43.8 Å². The molecular formula is C24H31N3O4S. The third-order valence-corrected chi connectivity index (χ3v) is 4.76. The zero-order valence-electron chi connectivity index (χ0n) is 18.6. The van der Waals surface area contributed by atoms with E-state index in [1.54, 1.807) is 55.6 Å². The molecule has 0 aromatic heterocycles. The highest BCUT2D eigenvalue weighted by molar-refractivity contribution is 7.80. The summed E-state index contributed by atoms with van der Waals surface area (Å²) >= 11 is 5.25. The molecule has 0 atom stereocenters. The lowest BCUT2D eigenvalue weighted by molar-refractivity contribution is 0.0946. The van der Waals surface area contributed by atoms with Gasteiger partial charge in [0.05, 0.1) is 6.61 Å². The predicted octanol–water partition coefficient (Wildman–Crippen LogP) is 4.15. The maximum Gasteiger partial charge on any atom is 0.257 e. The van der Waals surface area contributed by atoms with E-state index in [1.807, 2.05) is 0 Å². The first kappa shape index (κ1) is 25.3. The number of thiocarbonyl (C=S) groups is 1. The monoisotopic (exact) mass is 457 g/mol. The number of nitrogens with one attached hydrogen (secondary N) is 3. The number of amides is 2. The number of carbonyl (C=O) groups excluding carboxylic acids is 2. The van der Waals surface area contributed by atoms with Crippen LogP contribution in [0.1, 0.15) is 53.3 Å². The average Bonchev–Trinajstić information content (AvgIpc) is 2.80. The van der Waals surface area contributed by atoms with Gasteiger partial charge in [-0.2, -0.15) is 0 Å². The highest BCUT2D eigenvalue weighted by Crippen LogP contribution is 2.14. The number of anilines is 1. The molecule has 0 fully saturated rings. The van der Waals surface area contributed by atoms with Gasteiger partial charge in [0.15, 0.2) is 5.11 Å². The molecule has 2 aromatic rings. The second-order valence-corrected chi connectivity index (χ2v) is 7.58. The smallest absolute Gasteiger partial charge is 0.257 e. The van der Waals surface area contributed by atoms with Crippen LogP contribution in [0.25, 0.3) is 0 Å². The van der Waals surface area contributed by atoms with Gasteiger partial charge >= 0.3 is 0 Å². The molecule has 0 spiro atoms. The van der Waals surface area contributed by atoms with Crippen molar-refractivity contribution in [3.8, 4) is 5.75 Å². The summed E-state index contributed by atoms with van der Waals surface area (Å²) in [7, 11) is 1.62. The summed E-state index contributed by atoms with van der Waals surface area (Å²) in [6, 6.07) is 13.8. The summed E-state index contributed by atoms with van der Waals surface area (Å²) in [5.41, 5.74) is 1.57. The molecule has 7 nitrogen and oxygen atoms in total. The minimum atomic E-state index is -0.327. The Kier molecular flexibility index (Phi) is 11.2. The van der Waals surface area contributed by atoms with Crippen molar-refractivity contribution in [2.75, 3.05) is 32.2 Å². The Labute approximate surface area is 194 Å². The lowest BCUT2D eigenvalue weighted by Crippen LogP contribution is -2.34. The zero-order valence-corrected chi connectivity index (χ0v) is 19.4. The molecule has 0 aliphatic heterocycles. The minimum Gasteiger partial charge on any atom is -0.494 e. The van der Waals surface area contributed by atoms with Gasteiger partial charge < -0.3 is 20.1 Å². The van der Waals surface area contributed by atoms with Crippen LogP contribution >= 0.6 is 12.2 Å². The summed E-state index contributed by atoms with van der Waals surface area (Å²) in [4.78, 5) is 24.7. The van der Waals surface area contributed by atoms with E-state index in [4.69, 9.17) is 21.7 Å². The van der Waals surface area contributed by atoms with Crippen LogP contribution in [0.2, 0.25) is 0 Å². The number of benzene rings is 2. The lowest BCUT2D eigenvalue weighted by atomic mass is 10.2. The first-order valence-electron chi connectivity index (χ1n) is 10.8. The van der Waals surface area contributed by atoms with E-state index in [9.17, 15) is 9.59 Å². The van der Waals surface area contributed by atoms with Gasteiger partial charge in [-0.3, -0.25) is 14.9 Å². The van der Waals surface area contributed by atoms with Crippen molar-refractivity contribution in [3.63, 3.8) is 0 Å². The molecule has 3 N–H and O–H groups in total. The van der Waals surface area contributed by atoms with E-state index in [0.717, 1.165) is 31.4 Å². The van der Waals surface area contributed by atoms with Gasteiger partial charge in [0.25, 0.3) is 11.8 Å². The Bertz CT molecular complexity index is 887. The number of ether oxygens (including phenoxy) is 2. The first-order chi connectivity index (χ1) is 15.5. The van der Waals surface area contributed by atoms with Crippen molar-refractivity contribution >= 4 is 34.8 Å². The van der Waals surface area contributed by atoms with E-state index in [-0.39, 0.29) is 16.9 Å². The van der Waals surface area contributed by atoms with E-state index >= 15 is 0 Å². The van der Waals surface area contributed by atoms with Crippen molar-refractivity contribution in [1.82, 2.24) is 10.6 Å². The molecule has 0 saturated carbocycles. The van der Waals surface area contributed by atoms with Gasteiger partial charge in [-0.15, -0.1) is 0 Å². The minimum absolute atomic E-state index is 0.146. The normalized spacial score (nSPS) is 10.3. The van der Waals surface area contributed by atoms with E-state index in [0.29, 0.717) is 36.6 Å². The highest BCUT2D eigenvalue weighted by Gasteiger charge is 2.10. The summed E-state index contributed by atoms with van der Waals surface area (Å²) in [5.74, 6) is 0.222. The largest absolute Gasteiger partial charge is 0.494 e. The van der Waals surface area contributed by atoms with E-state index in [1.165, 1.54) is 0 Å². The molecule has 0 saturated heterocycles. The second-order valence-electron chi connectivity index (χ2n) is 7.17. The molecule has 2 amide bonds. The van der Waals surface area contributed by atoms with Crippen molar-refractivity contribution in [1.29, 1.82) is 0 Å². The van der Waals surface area contributed by atoms with Crippen molar-refractivity contribution in [2.24, 2.45) is 0 Å². The van der Waals surface area contributed by atoms with Gasteiger partial charge in [0.1, 0.15) is 5.75 Å². The number of carbonyl (C=O) groups is 2. The van der Waals surface area contributed by atoms with Crippen LogP contribution in [0.15, 0.2) is 48.5 Å². The Balaban J connectivity index is 1.84. The fourth-order valence-corrected chi connectivity index (χ4v) is 3.05. The van der Waals surface area contributed by atoms with Gasteiger partial charge in [-0.25, -0.2) is 0 Å². The average molecular weight is 458 g/mol. The van der Waals surface area contributed by atoms with Crippen molar-refractivity contribution in [3.05, 3.63) is 59.7 Å². The third kappa shape index (κ3) is 9.03. The Hall–Kier alpha value is -2.97. The number of hydrogen-bond donors (Lipinski definition) is 3. The molecule has 172 valence electrons. The maximum atomic E-state index is 12.4. The Morgan fingerprint density at radius 2 is 1.72 bits per heavy atom. The van der Waals surface area contributed by atoms with Crippen LogP contribution in [0.4, 0.5) is 5.69 Å². The molecule has 0 unspecified atom stereocenters. The van der Waals surface area contributed by atoms with Crippen LogP contribution in [0.3, 0.4) is 0 Å². The fraction of sp³-hybridized carbons (Fsp3) is 0.375. The van der Waals surface area contributed by atoms with Crippen LogP contribution in [0.5, 0.6) is 5.75 Å². The quantitative estimate of drug-likeness (QED) is 0.328. The first-order valence-corrected chi connectivity index (χ1v) is 11.2. The highest BCUT2D eigenvalue weighted by atomic mass is 32.1. The second kappa shape index (κ2) is 14.2. The number of methoxy groups -OCH3 is 1. The molecule has 0 bridgehead atoms.